The molecule has 2 aliphatic heterocycles. The molecule has 0 saturated carbocycles. The number of carbonyl (C=O) groups excluding carboxylic acids is 2. The number of imide groups is 1. The number of aliphatic hydroxyl groups is 1. The summed E-state index contributed by atoms with van der Waals surface area (Å²) in [7, 11) is 0. The van der Waals surface area contributed by atoms with Gasteiger partial charge < -0.3 is 15.6 Å². The summed E-state index contributed by atoms with van der Waals surface area (Å²) in [4.78, 5) is 25.1. The summed E-state index contributed by atoms with van der Waals surface area (Å²) in [6.07, 6.45) is 1.62. The van der Waals surface area contributed by atoms with Gasteiger partial charge in [0.15, 0.2) is 0 Å². The quantitative estimate of drug-likeness (QED) is 0.515. The number of fused-ring (bicyclic) bond motifs is 1. The van der Waals surface area contributed by atoms with Crippen molar-refractivity contribution < 1.29 is 19.4 Å². The number of piperidine rings is 1. The third kappa shape index (κ3) is 3.28. The lowest BCUT2D eigenvalue weighted by molar-refractivity contribution is -0.141. The monoisotopic (exact) mass is 333 g/mol. The van der Waals surface area contributed by atoms with E-state index in [0.29, 0.717) is 32.5 Å². The van der Waals surface area contributed by atoms with Gasteiger partial charge in [-0.25, -0.2) is 0 Å². The van der Waals surface area contributed by atoms with E-state index >= 15 is 0 Å². The van der Waals surface area contributed by atoms with Gasteiger partial charge >= 0.3 is 0 Å². The van der Waals surface area contributed by atoms with Gasteiger partial charge in [0.1, 0.15) is 12.0 Å². The van der Waals surface area contributed by atoms with E-state index < -0.39 is 12.3 Å². The Morgan fingerprint density at radius 2 is 2.17 bits per heavy atom. The molecule has 7 nitrogen and oxygen atoms in total. The highest BCUT2D eigenvalue weighted by molar-refractivity contribution is 6.00. The van der Waals surface area contributed by atoms with Crippen molar-refractivity contribution in [2.75, 3.05) is 13.2 Å². The van der Waals surface area contributed by atoms with Crippen molar-refractivity contribution >= 4 is 11.8 Å². The first-order chi connectivity index (χ1) is 11.6. The summed E-state index contributed by atoms with van der Waals surface area (Å²) in [6, 6.07) is 5.06. The number of amides is 2. The molecule has 24 heavy (non-hydrogen) atoms. The van der Waals surface area contributed by atoms with Crippen LogP contribution in [0.2, 0.25) is 0 Å². The molecular formula is C17H23N3O4. The molecule has 4 N–H and O–H groups in total. The van der Waals surface area contributed by atoms with E-state index in [1.165, 1.54) is 0 Å². The molecule has 0 radical (unpaired) electrons. The van der Waals surface area contributed by atoms with E-state index in [1.54, 1.807) is 4.90 Å². The van der Waals surface area contributed by atoms with Crippen molar-refractivity contribution in [3.63, 3.8) is 0 Å². The molecule has 3 rings (SSSR count). The normalized spacial score (nSPS) is 23.9. The summed E-state index contributed by atoms with van der Waals surface area (Å²) in [5.74, 6) is 0.133. The van der Waals surface area contributed by atoms with Crippen LogP contribution in [-0.4, -0.2) is 41.0 Å². The summed E-state index contributed by atoms with van der Waals surface area (Å²) in [5, 5.41) is 12.9. The van der Waals surface area contributed by atoms with Crippen LogP contribution in [0.25, 0.3) is 0 Å². The van der Waals surface area contributed by atoms with Crippen molar-refractivity contribution in [1.29, 1.82) is 0 Å². The van der Waals surface area contributed by atoms with E-state index in [2.05, 4.69) is 5.32 Å². The smallest absolute Gasteiger partial charge is 0.244 e. The number of ether oxygens (including phenoxy) is 1. The van der Waals surface area contributed by atoms with E-state index in [0.717, 1.165) is 29.7 Å². The number of carbonyl (C=O) groups is 2. The van der Waals surface area contributed by atoms with Crippen molar-refractivity contribution in [2.24, 2.45) is 5.73 Å². The minimum atomic E-state index is -0.864. The topological polar surface area (TPSA) is 105 Å². The van der Waals surface area contributed by atoms with Crippen molar-refractivity contribution in [2.45, 2.75) is 44.5 Å². The maximum atomic E-state index is 12.1. The second kappa shape index (κ2) is 7.29. The molecule has 2 heterocycles. The van der Waals surface area contributed by atoms with Gasteiger partial charge in [0.25, 0.3) is 0 Å². The zero-order valence-corrected chi connectivity index (χ0v) is 13.5. The lowest BCUT2D eigenvalue weighted by atomic mass is 10.0. The van der Waals surface area contributed by atoms with Gasteiger partial charge in [-0.3, -0.25) is 19.8 Å². The number of rotatable bonds is 6. The predicted octanol–water partition coefficient (Wildman–Crippen LogP) is 0.416. The summed E-state index contributed by atoms with van der Waals surface area (Å²) >= 11 is 0. The molecule has 0 aliphatic carbocycles. The maximum Gasteiger partial charge on any atom is 0.244 e. The van der Waals surface area contributed by atoms with Gasteiger partial charge in [-0.1, -0.05) is 12.1 Å². The molecule has 1 aromatic carbocycles. The van der Waals surface area contributed by atoms with Crippen LogP contribution in [0.1, 0.15) is 43.0 Å². The van der Waals surface area contributed by atoms with Crippen LogP contribution in [0.3, 0.4) is 0 Å². The maximum absolute atomic E-state index is 12.1. The largest absolute Gasteiger partial charge is 0.493 e. The fraction of sp³-hybridized carbons (Fsp3) is 0.529. The predicted molar refractivity (Wildman–Crippen MR) is 86.9 cm³/mol. The zero-order chi connectivity index (χ0) is 17.1. The fourth-order valence-corrected chi connectivity index (χ4v) is 3.28. The van der Waals surface area contributed by atoms with Gasteiger partial charge in [0, 0.05) is 24.1 Å². The first-order valence-corrected chi connectivity index (χ1v) is 8.34. The van der Waals surface area contributed by atoms with Crippen LogP contribution in [0.5, 0.6) is 5.75 Å². The van der Waals surface area contributed by atoms with Gasteiger partial charge in [-0.2, -0.15) is 0 Å². The third-order valence-corrected chi connectivity index (χ3v) is 4.57. The minimum Gasteiger partial charge on any atom is -0.493 e. The first kappa shape index (κ1) is 16.9. The Hall–Kier alpha value is -1.96. The van der Waals surface area contributed by atoms with Crippen molar-refractivity contribution in [3.8, 4) is 5.75 Å². The van der Waals surface area contributed by atoms with Crippen molar-refractivity contribution in [3.05, 3.63) is 29.3 Å². The number of hydrogen-bond acceptors (Lipinski definition) is 6. The highest BCUT2D eigenvalue weighted by Crippen LogP contribution is 2.39. The molecule has 0 spiro atoms. The number of aliphatic hydroxyl groups excluding tert-OH is 1. The lowest BCUT2D eigenvalue weighted by Gasteiger charge is -2.31. The molecule has 2 aliphatic rings. The fourth-order valence-electron chi connectivity index (χ4n) is 3.28. The number of benzene rings is 1. The van der Waals surface area contributed by atoms with Gasteiger partial charge in [-0.05, 0) is 31.9 Å². The average Bonchev–Trinajstić information content (AvgIpc) is 2.89. The van der Waals surface area contributed by atoms with Crippen LogP contribution in [-0.2, 0) is 16.1 Å². The van der Waals surface area contributed by atoms with Gasteiger partial charge in [-0.15, -0.1) is 0 Å². The molecule has 1 aromatic rings. The Labute approximate surface area is 140 Å². The minimum absolute atomic E-state index is 0.258. The Morgan fingerprint density at radius 1 is 1.33 bits per heavy atom. The number of unbranched alkanes of at least 4 members (excludes halogenated alkanes) is 1. The number of hydrogen-bond donors (Lipinski definition) is 3. The molecule has 0 aromatic heterocycles. The number of nitrogens with two attached hydrogens (primary N) is 1. The summed E-state index contributed by atoms with van der Waals surface area (Å²) < 4.78 is 5.83. The SMILES string of the molecule is NCCCCOc1cccc2c1CN(C1CCC(=O)NC1=O)C2O. The van der Waals surface area contributed by atoms with Gasteiger partial charge in [0.2, 0.25) is 11.8 Å². The second-order valence-corrected chi connectivity index (χ2v) is 6.18. The molecule has 0 bridgehead atoms. The lowest BCUT2D eigenvalue weighted by Crippen LogP contribution is -2.51. The summed E-state index contributed by atoms with van der Waals surface area (Å²) in [5.41, 5.74) is 7.15. The molecule has 7 heteroatoms. The van der Waals surface area contributed by atoms with E-state index in [1.807, 2.05) is 18.2 Å². The standard InChI is InChI=1S/C17H23N3O4/c18-8-1-2-9-24-14-5-3-4-11-12(14)10-20(17(11)23)13-6-7-15(21)19-16(13)22/h3-5,13,17,23H,1-2,6-10,18H2,(H,19,21,22). The number of nitrogens with zero attached hydrogens (tertiary/aromatic N) is 1. The second-order valence-electron chi connectivity index (χ2n) is 6.18. The van der Waals surface area contributed by atoms with E-state index in [4.69, 9.17) is 10.5 Å². The van der Waals surface area contributed by atoms with Crippen LogP contribution >= 0.6 is 0 Å². The molecule has 2 amide bonds. The molecule has 130 valence electrons. The Morgan fingerprint density at radius 3 is 2.92 bits per heavy atom. The molecular weight excluding hydrogens is 310 g/mol. The molecule has 1 saturated heterocycles. The molecule has 2 atom stereocenters. The third-order valence-electron chi connectivity index (χ3n) is 4.57. The Kier molecular flexibility index (Phi) is 5.13. The van der Waals surface area contributed by atoms with Crippen LogP contribution in [0, 0.1) is 0 Å². The van der Waals surface area contributed by atoms with Crippen LogP contribution in [0.15, 0.2) is 18.2 Å². The summed E-state index contributed by atoms with van der Waals surface area (Å²) in [6.45, 7) is 1.64. The first-order valence-electron chi connectivity index (χ1n) is 8.34. The highest BCUT2D eigenvalue weighted by atomic mass is 16.5. The van der Waals surface area contributed by atoms with Crippen LogP contribution in [0.4, 0.5) is 0 Å². The average molecular weight is 333 g/mol. The highest BCUT2D eigenvalue weighted by Gasteiger charge is 2.40. The Bertz CT molecular complexity index is 634. The molecule has 2 unspecified atom stereocenters. The van der Waals surface area contributed by atoms with Crippen molar-refractivity contribution in [1.82, 2.24) is 10.2 Å². The zero-order valence-electron chi connectivity index (χ0n) is 13.5. The Balaban J connectivity index is 1.73. The van der Waals surface area contributed by atoms with E-state index in [-0.39, 0.29) is 11.8 Å². The number of nitrogens with one attached hydrogen (secondary N) is 1. The molecule has 1 fully saturated rings. The van der Waals surface area contributed by atoms with E-state index in [9.17, 15) is 14.7 Å². The van der Waals surface area contributed by atoms with Crippen LogP contribution < -0.4 is 15.8 Å². The van der Waals surface area contributed by atoms with Gasteiger partial charge in [0.05, 0.1) is 12.6 Å².